The lowest BCUT2D eigenvalue weighted by molar-refractivity contribution is -0.231. The van der Waals surface area contributed by atoms with Crippen LogP contribution in [0.1, 0.15) is 106 Å². The Morgan fingerprint density at radius 3 is 2.25 bits per heavy atom. The van der Waals surface area contributed by atoms with Gasteiger partial charge in [0.15, 0.2) is 0 Å². The predicted molar refractivity (Wildman–Crippen MR) is 130 cm³/mol. The van der Waals surface area contributed by atoms with Crippen LogP contribution < -0.4 is 0 Å². The number of Topliss-reactive ketones (excluding diaryl/α,β-unsaturated/α-hetero) is 1. The van der Waals surface area contributed by atoms with Gasteiger partial charge in [-0.3, -0.25) is 4.79 Å². The van der Waals surface area contributed by atoms with Crippen molar-refractivity contribution >= 4 is 12.1 Å². The van der Waals surface area contributed by atoms with Crippen molar-refractivity contribution in [1.29, 1.82) is 0 Å². The topological polar surface area (TPSA) is 34.1 Å². The molecular weight excluding hydrogens is 392 g/mol. The van der Waals surface area contributed by atoms with Gasteiger partial charge in [0.05, 0.1) is 0 Å². The summed E-state index contributed by atoms with van der Waals surface area (Å²) in [5.41, 5.74) is 1.87. The van der Waals surface area contributed by atoms with Crippen LogP contribution in [0.3, 0.4) is 0 Å². The number of hydrogen-bond donors (Lipinski definition) is 0. The highest BCUT2D eigenvalue weighted by Crippen LogP contribution is 2.77. The second kappa shape index (κ2) is 6.82. The molecule has 0 amide bonds. The van der Waals surface area contributed by atoms with Crippen molar-refractivity contribution in [3.63, 3.8) is 0 Å². The molecule has 5 aliphatic carbocycles. The standard InChI is InChI=1S/C30H46O2/c1-19(2)20-10-15-30(18-31)17-16-28(6)21(25(20)30)8-9-23-27(5)13-12-24(32)26(3,4)22(27)11-14-29(23,28)7/h18,20-23,25H,1,8-17H2,2-7H3/t20-,21+,22-,23+,25-,27-,28+,29+,30+/m0/s1. The minimum Gasteiger partial charge on any atom is -0.303 e. The number of carbonyl (C=O) groups excluding carboxylic acids is 2. The highest BCUT2D eigenvalue weighted by atomic mass is 16.1. The van der Waals surface area contributed by atoms with Crippen molar-refractivity contribution in [2.45, 2.75) is 106 Å². The van der Waals surface area contributed by atoms with Crippen LogP contribution in [-0.2, 0) is 9.59 Å². The normalized spacial score (nSPS) is 54.1. The van der Waals surface area contributed by atoms with E-state index in [-0.39, 0.29) is 21.7 Å². The summed E-state index contributed by atoms with van der Waals surface area (Å²) in [5, 5.41) is 0. The van der Waals surface area contributed by atoms with Gasteiger partial charge < -0.3 is 4.79 Å². The molecule has 0 spiro atoms. The van der Waals surface area contributed by atoms with Crippen LogP contribution in [0.2, 0.25) is 0 Å². The van der Waals surface area contributed by atoms with E-state index in [1.165, 1.54) is 44.0 Å². The third-order valence-electron chi connectivity index (χ3n) is 13.1. The lowest BCUT2D eigenvalue weighted by atomic mass is 9.32. The molecule has 5 saturated carbocycles. The van der Waals surface area contributed by atoms with E-state index in [9.17, 15) is 9.59 Å². The smallest absolute Gasteiger partial charge is 0.138 e. The molecule has 5 rings (SSSR count). The van der Waals surface area contributed by atoms with Gasteiger partial charge in [-0.25, -0.2) is 0 Å². The van der Waals surface area contributed by atoms with Crippen LogP contribution in [-0.4, -0.2) is 12.1 Å². The van der Waals surface area contributed by atoms with Crippen molar-refractivity contribution in [2.75, 3.05) is 0 Å². The summed E-state index contributed by atoms with van der Waals surface area (Å²) >= 11 is 0. The molecule has 5 fully saturated rings. The molecule has 32 heavy (non-hydrogen) atoms. The zero-order valence-corrected chi connectivity index (χ0v) is 21.6. The van der Waals surface area contributed by atoms with Gasteiger partial charge in [0.1, 0.15) is 12.1 Å². The molecule has 178 valence electrons. The third kappa shape index (κ3) is 2.54. The first-order valence-electron chi connectivity index (χ1n) is 13.5. The zero-order chi connectivity index (χ0) is 23.3. The fourth-order valence-electron chi connectivity index (χ4n) is 11.2. The van der Waals surface area contributed by atoms with Crippen molar-refractivity contribution in [2.24, 2.45) is 56.7 Å². The van der Waals surface area contributed by atoms with Crippen LogP contribution in [0.5, 0.6) is 0 Å². The Morgan fingerprint density at radius 2 is 1.59 bits per heavy atom. The number of allylic oxidation sites excluding steroid dienone is 1. The molecule has 0 heterocycles. The molecule has 0 aromatic carbocycles. The van der Waals surface area contributed by atoms with Crippen LogP contribution in [0, 0.1) is 56.7 Å². The Bertz CT molecular complexity index is 855. The van der Waals surface area contributed by atoms with Gasteiger partial charge >= 0.3 is 0 Å². The monoisotopic (exact) mass is 438 g/mol. The molecule has 0 saturated heterocycles. The summed E-state index contributed by atoms with van der Waals surface area (Å²) in [6, 6.07) is 0. The number of hydrogen-bond acceptors (Lipinski definition) is 2. The van der Waals surface area contributed by atoms with Gasteiger partial charge in [0.2, 0.25) is 0 Å². The minimum absolute atomic E-state index is 0.0999. The molecule has 0 aliphatic heterocycles. The first-order chi connectivity index (χ1) is 14.9. The molecule has 2 nitrogen and oxygen atoms in total. The van der Waals surface area contributed by atoms with Crippen molar-refractivity contribution in [1.82, 2.24) is 0 Å². The van der Waals surface area contributed by atoms with Crippen LogP contribution in [0.15, 0.2) is 12.2 Å². The van der Waals surface area contributed by atoms with E-state index in [0.29, 0.717) is 40.8 Å². The maximum atomic E-state index is 12.9. The number of rotatable bonds is 2. The maximum Gasteiger partial charge on any atom is 0.138 e. The Balaban J connectivity index is 1.56. The second-order valence-electron chi connectivity index (χ2n) is 14.2. The van der Waals surface area contributed by atoms with Gasteiger partial charge in [0.25, 0.3) is 0 Å². The van der Waals surface area contributed by atoms with Crippen molar-refractivity contribution < 1.29 is 9.59 Å². The van der Waals surface area contributed by atoms with E-state index >= 15 is 0 Å². The number of ketones is 1. The predicted octanol–water partition coefficient (Wildman–Crippen LogP) is 7.41. The van der Waals surface area contributed by atoms with Crippen LogP contribution in [0.4, 0.5) is 0 Å². The maximum absolute atomic E-state index is 12.9. The molecule has 2 heteroatoms. The Hall–Kier alpha value is -0.920. The van der Waals surface area contributed by atoms with E-state index in [0.717, 1.165) is 32.1 Å². The quantitative estimate of drug-likeness (QED) is 0.332. The zero-order valence-electron chi connectivity index (χ0n) is 21.6. The van der Waals surface area contributed by atoms with Crippen LogP contribution >= 0.6 is 0 Å². The Morgan fingerprint density at radius 1 is 0.875 bits per heavy atom. The van der Waals surface area contributed by atoms with Crippen molar-refractivity contribution in [3.8, 4) is 0 Å². The van der Waals surface area contributed by atoms with E-state index in [4.69, 9.17) is 0 Å². The Kier molecular flexibility index (Phi) is 4.87. The second-order valence-corrected chi connectivity index (χ2v) is 14.2. The number of aldehydes is 1. The number of fused-ring (bicyclic) bond motifs is 7. The SMILES string of the molecule is C=C(C)[C@@H]1CC[C@]2(C=O)CC[C@]3(C)[C@H](CC[C@@H]4[C@@]5(C)CCC(=O)C(C)(C)[C@@H]5CC[C@]43C)[C@H]12. The molecule has 0 bridgehead atoms. The highest BCUT2D eigenvalue weighted by molar-refractivity contribution is 5.85. The van der Waals surface area contributed by atoms with Crippen LogP contribution in [0.25, 0.3) is 0 Å². The molecule has 5 aliphatic rings. The summed E-state index contributed by atoms with van der Waals surface area (Å²) in [6.07, 6.45) is 12.7. The molecule has 0 radical (unpaired) electrons. The number of carbonyl (C=O) groups is 2. The lowest BCUT2D eigenvalue weighted by Gasteiger charge is -2.72. The van der Waals surface area contributed by atoms with Gasteiger partial charge in [-0.05, 0) is 111 Å². The van der Waals surface area contributed by atoms with Gasteiger partial charge in [0, 0.05) is 17.3 Å². The fraction of sp³-hybridized carbons (Fsp3) is 0.867. The summed E-state index contributed by atoms with van der Waals surface area (Å²) in [6.45, 7) is 18.9. The van der Waals surface area contributed by atoms with E-state index < -0.39 is 0 Å². The molecule has 0 aromatic rings. The summed E-state index contributed by atoms with van der Waals surface area (Å²) in [4.78, 5) is 25.4. The molecule has 0 N–H and O–H groups in total. The third-order valence-corrected chi connectivity index (χ3v) is 13.1. The molecule has 0 unspecified atom stereocenters. The van der Waals surface area contributed by atoms with E-state index in [1.54, 1.807) is 0 Å². The summed E-state index contributed by atoms with van der Waals surface area (Å²) in [5.74, 6) is 3.34. The van der Waals surface area contributed by atoms with E-state index in [1.807, 2.05) is 0 Å². The van der Waals surface area contributed by atoms with Gasteiger partial charge in [-0.2, -0.15) is 0 Å². The molecule has 9 atom stereocenters. The van der Waals surface area contributed by atoms with E-state index in [2.05, 4.69) is 48.1 Å². The molecular formula is C30H46O2. The minimum atomic E-state index is -0.179. The average molecular weight is 439 g/mol. The fourth-order valence-corrected chi connectivity index (χ4v) is 11.2. The first-order valence-corrected chi connectivity index (χ1v) is 13.5. The summed E-state index contributed by atoms with van der Waals surface area (Å²) < 4.78 is 0. The largest absolute Gasteiger partial charge is 0.303 e. The highest BCUT2D eigenvalue weighted by Gasteiger charge is 2.70. The van der Waals surface area contributed by atoms with Crippen molar-refractivity contribution in [3.05, 3.63) is 12.2 Å². The average Bonchev–Trinajstić information content (AvgIpc) is 3.12. The summed E-state index contributed by atoms with van der Waals surface area (Å²) in [7, 11) is 0. The van der Waals surface area contributed by atoms with Gasteiger partial charge in [-0.1, -0.05) is 46.8 Å². The van der Waals surface area contributed by atoms with Gasteiger partial charge in [-0.15, -0.1) is 0 Å². The molecule has 0 aromatic heterocycles. The Labute approximate surface area is 196 Å². The lowest BCUT2D eigenvalue weighted by Crippen LogP contribution is -2.66. The first kappa shape index (κ1) is 22.9.